The second-order valence-corrected chi connectivity index (χ2v) is 8.95. The van der Waals surface area contributed by atoms with Gasteiger partial charge in [0.2, 0.25) is 0 Å². The lowest BCUT2D eigenvalue weighted by atomic mass is 9.48. The first-order valence-corrected chi connectivity index (χ1v) is 10.6. The van der Waals surface area contributed by atoms with Gasteiger partial charge in [0.1, 0.15) is 5.75 Å². The van der Waals surface area contributed by atoms with Gasteiger partial charge in [0.15, 0.2) is 0 Å². The lowest BCUT2D eigenvalue weighted by Gasteiger charge is -2.47. The van der Waals surface area contributed by atoms with Crippen molar-refractivity contribution >= 4 is 34.9 Å². The summed E-state index contributed by atoms with van der Waals surface area (Å²) in [6.07, 6.45) is 0. The molecular formula is C27H20BNO. The van der Waals surface area contributed by atoms with Gasteiger partial charge in [-0.25, -0.2) is 0 Å². The van der Waals surface area contributed by atoms with E-state index in [0.717, 1.165) is 5.75 Å². The van der Waals surface area contributed by atoms with Gasteiger partial charge in [-0.1, -0.05) is 80.6 Å². The van der Waals surface area contributed by atoms with Crippen molar-refractivity contribution in [3.05, 3.63) is 96.1 Å². The maximum Gasteiger partial charge on any atom is 0.431 e. The summed E-state index contributed by atoms with van der Waals surface area (Å²) in [5, 5.41) is 0. The summed E-state index contributed by atoms with van der Waals surface area (Å²) in [7, 11) is 0. The third-order valence-electron chi connectivity index (χ3n) is 7.07. The first kappa shape index (κ1) is 16.4. The number of benzene rings is 4. The van der Waals surface area contributed by atoms with Crippen LogP contribution in [0.1, 0.15) is 25.0 Å². The second kappa shape index (κ2) is 5.37. The third-order valence-corrected chi connectivity index (χ3v) is 7.07. The summed E-state index contributed by atoms with van der Waals surface area (Å²) in [6.45, 7) is 4.59. The standard InChI is InChI=1S/C27H20BNO/c1-27(2)19-11-4-5-14-22(19)29-23-15-7-10-18-17-9-3-6-16-24(17)30-28(25(18)23)21-13-8-12-20(27)26(21)29/h3-16H,1-2H3. The zero-order valence-corrected chi connectivity index (χ0v) is 17.0. The predicted octanol–water partition coefficient (Wildman–Crippen LogP) is 5.27. The van der Waals surface area contributed by atoms with Crippen LogP contribution in [-0.2, 0) is 5.41 Å². The lowest BCUT2D eigenvalue weighted by Crippen LogP contribution is -2.57. The van der Waals surface area contributed by atoms with E-state index < -0.39 is 0 Å². The summed E-state index contributed by atoms with van der Waals surface area (Å²) < 4.78 is 6.67. The van der Waals surface area contributed by atoms with Gasteiger partial charge < -0.3 is 9.55 Å². The Bertz CT molecular complexity index is 1370. The molecule has 0 fully saturated rings. The van der Waals surface area contributed by atoms with Crippen LogP contribution < -0.4 is 20.5 Å². The Morgan fingerprint density at radius 3 is 2.33 bits per heavy atom. The van der Waals surface area contributed by atoms with Crippen LogP contribution in [0.25, 0.3) is 11.1 Å². The highest BCUT2D eigenvalue weighted by atomic mass is 16.4. The van der Waals surface area contributed by atoms with Crippen LogP contribution in [0.4, 0.5) is 17.1 Å². The van der Waals surface area contributed by atoms with Crippen LogP contribution >= 0.6 is 0 Å². The van der Waals surface area contributed by atoms with Crippen LogP contribution in [0.2, 0.25) is 0 Å². The van der Waals surface area contributed by atoms with Gasteiger partial charge in [0.25, 0.3) is 0 Å². The smallest absolute Gasteiger partial charge is 0.431 e. The molecule has 0 amide bonds. The van der Waals surface area contributed by atoms with E-state index in [1.165, 1.54) is 50.2 Å². The molecule has 7 rings (SSSR count). The van der Waals surface area contributed by atoms with Crippen LogP contribution in [0.5, 0.6) is 5.75 Å². The molecule has 0 radical (unpaired) electrons. The zero-order chi connectivity index (χ0) is 20.0. The van der Waals surface area contributed by atoms with Crippen molar-refractivity contribution in [3.63, 3.8) is 0 Å². The molecular weight excluding hydrogens is 365 g/mol. The minimum Gasteiger partial charge on any atom is -0.551 e. The maximum atomic E-state index is 6.67. The van der Waals surface area contributed by atoms with E-state index in [9.17, 15) is 0 Å². The molecule has 0 saturated carbocycles. The maximum absolute atomic E-state index is 6.67. The molecule has 0 aliphatic carbocycles. The number of hydrogen-bond donors (Lipinski definition) is 0. The Morgan fingerprint density at radius 1 is 0.700 bits per heavy atom. The Balaban J connectivity index is 1.63. The molecule has 3 aliphatic rings. The molecule has 2 nitrogen and oxygen atoms in total. The van der Waals surface area contributed by atoms with Crippen molar-refractivity contribution in [2.75, 3.05) is 4.90 Å². The molecule has 3 heterocycles. The van der Waals surface area contributed by atoms with E-state index in [4.69, 9.17) is 4.65 Å². The van der Waals surface area contributed by atoms with Crippen molar-refractivity contribution in [2.45, 2.75) is 19.3 Å². The summed E-state index contributed by atoms with van der Waals surface area (Å²) in [5.74, 6) is 0.966. The minimum absolute atomic E-state index is 0.0693. The molecule has 3 heteroatoms. The lowest BCUT2D eigenvalue weighted by molar-refractivity contribution is 0.588. The van der Waals surface area contributed by atoms with Crippen LogP contribution in [-0.4, -0.2) is 6.92 Å². The topological polar surface area (TPSA) is 12.5 Å². The quantitative estimate of drug-likeness (QED) is 0.382. The Kier molecular flexibility index (Phi) is 2.93. The second-order valence-electron chi connectivity index (χ2n) is 8.95. The largest absolute Gasteiger partial charge is 0.551 e. The van der Waals surface area contributed by atoms with E-state index >= 15 is 0 Å². The molecule has 0 saturated heterocycles. The highest BCUT2D eigenvalue weighted by molar-refractivity contribution is 6.85. The van der Waals surface area contributed by atoms with Crippen molar-refractivity contribution in [2.24, 2.45) is 0 Å². The summed E-state index contributed by atoms with van der Waals surface area (Å²) in [6, 6.07) is 30.6. The number of rotatable bonds is 0. The van der Waals surface area contributed by atoms with Gasteiger partial charge in [-0.3, -0.25) is 0 Å². The number of fused-ring (bicyclic) bond motifs is 6. The fourth-order valence-corrected chi connectivity index (χ4v) is 5.69. The van der Waals surface area contributed by atoms with Crippen LogP contribution in [0.15, 0.2) is 84.9 Å². The minimum atomic E-state index is -0.0848. The van der Waals surface area contributed by atoms with E-state index in [2.05, 4.69) is 104 Å². The molecule has 30 heavy (non-hydrogen) atoms. The molecule has 0 N–H and O–H groups in total. The molecule has 0 aromatic heterocycles. The zero-order valence-electron chi connectivity index (χ0n) is 17.0. The molecule has 142 valence electrons. The van der Waals surface area contributed by atoms with E-state index in [1.807, 2.05) is 0 Å². The molecule has 3 aliphatic heterocycles. The monoisotopic (exact) mass is 385 g/mol. The number of para-hydroxylation sites is 3. The van der Waals surface area contributed by atoms with Gasteiger partial charge in [-0.2, -0.15) is 0 Å². The molecule has 4 aromatic rings. The Morgan fingerprint density at radius 2 is 1.40 bits per heavy atom. The highest BCUT2D eigenvalue weighted by Crippen LogP contribution is 2.53. The molecule has 0 bridgehead atoms. The van der Waals surface area contributed by atoms with Gasteiger partial charge in [-0.05, 0) is 40.4 Å². The first-order chi connectivity index (χ1) is 14.7. The molecule has 0 atom stereocenters. The van der Waals surface area contributed by atoms with Crippen molar-refractivity contribution < 1.29 is 4.65 Å². The van der Waals surface area contributed by atoms with E-state index in [0.29, 0.717) is 0 Å². The van der Waals surface area contributed by atoms with E-state index in [1.54, 1.807) is 0 Å². The van der Waals surface area contributed by atoms with Gasteiger partial charge in [-0.15, -0.1) is 0 Å². The molecule has 0 spiro atoms. The van der Waals surface area contributed by atoms with Crippen molar-refractivity contribution in [1.29, 1.82) is 0 Å². The Hall–Kier alpha value is -3.46. The summed E-state index contributed by atoms with van der Waals surface area (Å²) in [4.78, 5) is 2.47. The average Bonchev–Trinajstić information content (AvgIpc) is 2.78. The van der Waals surface area contributed by atoms with Crippen molar-refractivity contribution in [3.8, 4) is 16.9 Å². The Labute approximate surface area is 176 Å². The van der Waals surface area contributed by atoms with Gasteiger partial charge in [0, 0.05) is 27.8 Å². The normalized spacial score (nSPS) is 16.1. The van der Waals surface area contributed by atoms with Crippen LogP contribution in [0, 0.1) is 0 Å². The van der Waals surface area contributed by atoms with Gasteiger partial charge >= 0.3 is 6.92 Å². The molecule has 0 unspecified atom stereocenters. The highest BCUT2D eigenvalue weighted by Gasteiger charge is 2.47. The number of hydrogen-bond acceptors (Lipinski definition) is 2. The average molecular weight is 385 g/mol. The van der Waals surface area contributed by atoms with Crippen LogP contribution in [0.3, 0.4) is 0 Å². The SMILES string of the molecule is CC1(C)c2ccccc2N2c3cccc4c3B(Oc3ccccc3-4)c3cccc1c32. The fourth-order valence-electron chi connectivity index (χ4n) is 5.69. The fraction of sp³-hybridized carbons (Fsp3) is 0.111. The number of anilines is 3. The predicted molar refractivity (Wildman–Crippen MR) is 124 cm³/mol. The summed E-state index contributed by atoms with van der Waals surface area (Å²) >= 11 is 0. The third kappa shape index (κ3) is 1.82. The first-order valence-electron chi connectivity index (χ1n) is 10.6. The molecule has 4 aromatic carbocycles. The van der Waals surface area contributed by atoms with Crippen molar-refractivity contribution in [1.82, 2.24) is 0 Å². The summed E-state index contributed by atoms with van der Waals surface area (Å²) in [5.41, 5.74) is 11.4. The van der Waals surface area contributed by atoms with E-state index in [-0.39, 0.29) is 12.3 Å². The number of nitrogens with zero attached hydrogens (tertiary/aromatic N) is 1. The van der Waals surface area contributed by atoms with Gasteiger partial charge in [0.05, 0.1) is 5.69 Å².